The molecule has 0 saturated heterocycles. The Morgan fingerprint density at radius 3 is 2.24 bits per heavy atom. The molecule has 0 spiro atoms. The lowest BCUT2D eigenvalue weighted by molar-refractivity contribution is 0.548. The fraction of sp³-hybridized carbons (Fsp3) is 0.250. The van der Waals surface area contributed by atoms with Crippen LogP contribution in [0.2, 0.25) is 0 Å². The van der Waals surface area contributed by atoms with Crippen LogP contribution in [0.4, 0.5) is 4.39 Å². The third kappa shape index (κ3) is 4.18. The lowest BCUT2D eigenvalue weighted by Crippen LogP contribution is -2.33. The van der Waals surface area contributed by atoms with Gasteiger partial charge < -0.3 is 0 Å². The molecule has 0 aliphatic carbocycles. The topological polar surface area (TPSA) is 0 Å². The quantitative estimate of drug-likeness (QED) is 0.372. The lowest BCUT2D eigenvalue weighted by Gasteiger charge is -2.31. The van der Waals surface area contributed by atoms with Gasteiger partial charge in [-0.25, -0.2) is 4.39 Å². The third-order valence-electron chi connectivity index (χ3n) is 3.48. The minimum Gasteiger partial charge on any atom is -0.206 e. The first kappa shape index (κ1) is 17.6. The lowest BCUT2D eigenvalue weighted by atomic mass is 9.79. The average molecular weight is 544 g/mol. The predicted octanol–water partition coefficient (Wildman–Crippen LogP) is 6.62. The maximum absolute atomic E-state index is 13.4. The zero-order chi connectivity index (χ0) is 15.5. The second-order valence-corrected chi connectivity index (χ2v) is 7.87. The highest BCUT2D eigenvalue weighted by Gasteiger charge is 2.30. The van der Waals surface area contributed by atoms with Crippen molar-refractivity contribution in [2.24, 2.45) is 0 Å². The van der Waals surface area contributed by atoms with E-state index in [1.807, 2.05) is 24.3 Å². The maximum Gasteiger partial charge on any atom is 0.137 e. The monoisotopic (exact) mass is 540 g/mol. The molecular weight excluding hydrogens is 531 g/mol. The SMILES string of the molecule is Fc1ccc(CC(CBr)(CBr)c2cccc(Br)c2)cc1Br. The van der Waals surface area contributed by atoms with E-state index in [9.17, 15) is 4.39 Å². The fourth-order valence-corrected chi connectivity index (χ4v) is 5.04. The molecule has 21 heavy (non-hydrogen) atoms. The summed E-state index contributed by atoms with van der Waals surface area (Å²) in [4.78, 5) is 0. The molecule has 0 saturated carbocycles. The van der Waals surface area contributed by atoms with Crippen molar-refractivity contribution in [3.8, 4) is 0 Å². The van der Waals surface area contributed by atoms with E-state index in [0.29, 0.717) is 4.47 Å². The zero-order valence-electron chi connectivity index (χ0n) is 11.1. The minimum atomic E-state index is -0.232. The van der Waals surface area contributed by atoms with Crippen LogP contribution in [0, 0.1) is 5.82 Å². The molecule has 5 heteroatoms. The van der Waals surface area contributed by atoms with Gasteiger partial charge >= 0.3 is 0 Å². The van der Waals surface area contributed by atoms with Crippen molar-refractivity contribution >= 4 is 63.7 Å². The van der Waals surface area contributed by atoms with Crippen LogP contribution < -0.4 is 0 Å². The van der Waals surface area contributed by atoms with Gasteiger partial charge in [0.1, 0.15) is 5.82 Å². The van der Waals surface area contributed by atoms with Crippen LogP contribution >= 0.6 is 63.7 Å². The molecule has 0 bridgehead atoms. The van der Waals surface area contributed by atoms with E-state index in [-0.39, 0.29) is 11.2 Å². The van der Waals surface area contributed by atoms with Crippen molar-refractivity contribution in [2.45, 2.75) is 11.8 Å². The molecule has 0 radical (unpaired) electrons. The van der Waals surface area contributed by atoms with Crippen molar-refractivity contribution in [3.63, 3.8) is 0 Å². The van der Waals surface area contributed by atoms with Crippen LogP contribution in [0.25, 0.3) is 0 Å². The molecule has 0 nitrogen and oxygen atoms in total. The summed E-state index contributed by atoms with van der Waals surface area (Å²) < 4.78 is 15.0. The van der Waals surface area contributed by atoms with Gasteiger partial charge in [-0.1, -0.05) is 66.0 Å². The van der Waals surface area contributed by atoms with Gasteiger partial charge in [0.25, 0.3) is 0 Å². The van der Waals surface area contributed by atoms with E-state index in [0.717, 1.165) is 27.1 Å². The summed E-state index contributed by atoms with van der Waals surface area (Å²) in [5.41, 5.74) is 2.26. The molecule has 0 unspecified atom stereocenters. The van der Waals surface area contributed by atoms with Crippen LogP contribution in [0.1, 0.15) is 11.1 Å². The molecule has 0 heterocycles. The molecular formula is C16H13Br4F. The van der Waals surface area contributed by atoms with Crippen molar-refractivity contribution < 1.29 is 4.39 Å². The van der Waals surface area contributed by atoms with Crippen molar-refractivity contribution in [3.05, 3.63) is 68.4 Å². The Balaban J connectivity index is 2.40. The Kier molecular flexibility index (Phi) is 6.48. The minimum absolute atomic E-state index is 0.0823. The second kappa shape index (κ2) is 7.71. The Morgan fingerprint density at radius 1 is 0.952 bits per heavy atom. The van der Waals surface area contributed by atoms with Gasteiger partial charge in [-0.2, -0.15) is 0 Å². The standard InChI is InChI=1S/C16H13Br4F/c17-9-16(10-18,12-2-1-3-13(19)7-12)8-11-4-5-15(21)14(20)6-11/h1-7H,8-10H2. The van der Waals surface area contributed by atoms with Gasteiger partial charge in [0.2, 0.25) is 0 Å². The molecule has 0 aliphatic rings. The van der Waals surface area contributed by atoms with Crippen molar-refractivity contribution in [1.82, 2.24) is 0 Å². The first-order chi connectivity index (χ1) is 10.0. The Bertz CT molecular complexity index is 623. The Morgan fingerprint density at radius 2 is 1.67 bits per heavy atom. The molecule has 2 aromatic rings. The normalized spacial score (nSPS) is 11.7. The van der Waals surface area contributed by atoms with Crippen LogP contribution in [0.15, 0.2) is 51.4 Å². The van der Waals surface area contributed by atoms with Crippen molar-refractivity contribution in [2.75, 3.05) is 10.7 Å². The summed E-state index contributed by atoms with van der Waals surface area (Å²) in [6.07, 6.45) is 0.818. The van der Waals surface area contributed by atoms with E-state index in [4.69, 9.17) is 0 Å². The molecule has 0 N–H and O–H groups in total. The molecule has 2 aromatic carbocycles. The summed E-state index contributed by atoms with van der Waals surface area (Å²) in [5.74, 6) is -0.232. The largest absolute Gasteiger partial charge is 0.206 e. The molecule has 0 fully saturated rings. The smallest absolute Gasteiger partial charge is 0.137 e. The highest BCUT2D eigenvalue weighted by Crippen LogP contribution is 2.35. The zero-order valence-corrected chi connectivity index (χ0v) is 17.4. The summed E-state index contributed by atoms with van der Waals surface area (Å²) in [6.45, 7) is 0. The van der Waals surface area contributed by atoms with E-state index < -0.39 is 0 Å². The van der Waals surface area contributed by atoms with E-state index in [2.05, 4.69) is 75.9 Å². The number of hydrogen-bond donors (Lipinski definition) is 0. The van der Waals surface area contributed by atoms with Crippen LogP contribution in [-0.2, 0) is 11.8 Å². The van der Waals surface area contributed by atoms with E-state index in [1.165, 1.54) is 11.6 Å². The number of alkyl halides is 2. The highest BCUT2D eigenvalue weighted by molar-refractivity contribution is 9.11. The second-order valence-electron chi connectivity index (χ2n) is 4.98. The van der Waals surface area contributed by atoms with Gasteiger partial charge in [0, 0.05) is 20.5 Å². The van der Waals surface area contributed by atoms with Crippen LogP contribution in [-0.4, -0.2) is 10.7 Å². The third-order valence-corrected chi connectivity index (χ3v) is 6.72. The highest BCUT2D eigenvalue weighted by atomic mass is 79.9. The van der Waals surface area contributed by atoms with Gasteiger partial charge in [0.15, 0.2) is 0 Å². The molecule has 0 aliphatic heterocycles. The number of halogens is 5. The first-order valence-electron chi connectivity index (χ1n) is 6.33. The Hall–Kier alpha value is 0.290. The number of rotatable bonds is 5. The number of hydrogen-bond acceptors (Lipinski definition) is 0. The van der Waals surface area contributed by atoms with Gasteiger partial charge in [0.05, 0.1) is 4.47 Å². The molecule has 2 rings (SSSR count). The summed E-state index contributed by atoms with van der Waals surface area (Å²) in [7, 11) is 0. The van der Waals surface area contributed by atoms with Crippen molar-refractivity contribution in [1.29, 1.82) is 0 Å². The van der Waals surface area contributed by atoms with E-state index in [1.54, 1.807) is 0 Å². The predicted molar refractivity (Wildman–Crippen MR) is 101 cm³/mol. The maximum atomic E-state index is 13.4. The van der Waals surface area contributed by atoms with Gasteiger partial charge in [-0.3, -0.25) is 0 Å². The fourth-order valence-electron chi connectivity index (χ4n) is 2.25. The first-order valence-corrected chi connectivity index (χ1v) is 10.2. The summed E-state index contributed by atoms with van der Waals surface area (Å²) >= 11 is 14.1. The van der Waals surface area contributed by atoms with Crippen LogP contribution in [0.5, 0.6) is 0 Å². The number of benzene rings is 2. The summed E-state index contributed by atoms with van der Waals surface area (Å²) in [6, 6.07) is 13.5. The average Bonchev–Trinajstić information content (AvgIpc) is 2.48. The van der Waals surface area contributed by atoms with Gasteiger partial charge in [-0.05, 0) is 57.7 Å². The van der Waals surface area contributed by atoms with E-state index >= 15 is 0 Å². The van der Waals surface area contributed by atoms with Gasteiger partial charge in [-0.15, -0.1) is 0 Å². The summed E-state index contributed by atoms with van der Waals surface area (Å²) in [5, 5.41) is 1.63. The molecule has 0 aromatic heterocycles. The molecule has 0 atom stereocenters. The molecule has 0 amide bonds. The molecule has 112 valence electrons. The van der Waals surface area contributed by atoms with Crippen LogP contribution in [0.3, 0.4) is 0 Å². The Labute approximate surface area is 158 Å².